The number of phenols is 1. The van der Waals surface area contributed by atoms with Gasteiger partial charge in [-0.15, -0.1) is 0 Å². The molecule has 0 aliphatic rings. The smallest absolute Gasteiger partial charge is 0.294 e. The van der Waals surface area contributed by atoms with Crippen LogP contribution in [-0.4, -0.2) is 42.7 Å². The number of rotatable bonds is 5. The summed E-state index contributed by atoms with van der Waals surface area (Å²) < 4.78 is 63.7. The van der Waals surface area contributed by atoms with E-state index in [1.165, 1.54) is 0 Å². The lowest BCUT2D eigenvalue weighted by molar-refractivity contribution is -0.124. The Morgan fingerprint density at radius 1 is 0.962 bits per heavy atom. The van der Waals surface area contributed by atoms with Crippen molar-refractivity contribution in [2.24, 2.45) is 0 Å². The summed E-state index contributed by atoms with van der Waals surface area (Å²) in [5.74, 6) is -1.98. The minimum absolute atomic E-state index is 0.151. The maximum atomic E-state index is 11.8. The van der Waals surface area contributed by atoms with E-state index in [0.717, 1.165) is 25.1 Å². The number of anilines is 1. The number of Topliss-reactive ketones (excluding diaryl/α,β-unsaturated/α-hetero) is 1. The van der Waals surface area contributed by atoms with E-state index in [9.17, 15) is 36.1 Å². The van der Waals surface area contributed by atoms with Crippen LogP contribution in [0.1, 0.15) is 13.3 Å². The van der Waals surface area contributed by atoms with Crippen LogP contribution in [-0.2, 0) is 29.8 Å². The van der Waals surface area contributed by atoms with Crippen molar-refractivity contribution in [1.29, 1.82) is 0 Å². The van der Waals surface area contributed by atoms with Crippen molar-refractivity contribution in [2.45, 2.75) is 23.1 Å². The van der Waals surface area contributed by atoms with Crippen LogP contribution in [0.25, 0.3) is 10.8 Å². The molecule has 2 rings (SSSR count). The van der Waals surface area contributed by atoms with Crippen molar-refractivity contribution in [1.82, 2.24) is 0 Å². The van der Waals surface area contributed by atoms with Gasteiger partial charge in [0.15, 0.2) is 0 Å². The molecule has 0 saturated heterocycles. The Labute approximate surface area is 147 Å². The Hall–Kier alpha value is -2.54. The first kappa shape index (κ1) is 19.8. The Kier molecular flexibility index (Phi) is 5.05. The summed E-state index contributed by atoms with van der Waals surface area (Å²) in [5.41, 5.74) is -0.277. The highest BCUT2D eigenvalue weighted by molar-refractivity contribution is 7.86. The number of carbonyl (C=O) groups is 2. The first-order valence-electron chi connectivity index (χ1n) is 6.84. The molecule has 2 aromatic rings. The predicted octanol–water partition coefficient (Wildman–Crippen LogP) is 0.956. The third-order valence-corrected chi connectivity index (χ3v) is 4.92. The first-order valence-corrected chi connectivity index (χ1v) is 9.72. The van der Waals surface area contributed by atoms with Gasteiger partial charge in [0.1, 0.15) is 11.5 Å². The molecular formula is C14H13NO9S2. The zero-order valence-corrected chi connectivity index (χ0v) is 14.8. The van der Waals surface area contributed by atoms with E-state index in [-0.39, 0.29) is 16.5 Å². The van der Waals surface area contributed by atoms with Crippen molar-refractivity contribution < 1.29 is 40.6 Å². The van der Waals surface area contributed by atoms with Crippen LogP contribution >= 0.6 is 0 Å². The number of aromatic hydroxyl groups is 1. The lowest BCUT2D eigenvalue weighted by Gasteiger charge is -2.13. The molecule has 4 N–H and O–H groups in total. The molecule has 0 spiro atoms. The van der Waals surface area contributed by atoms with E-state index in [2.05, 4.69) is 5.32 Å². The summed E-state index contributed by atoms with van der Waals surface area (Å²) in [4.78, 5) is 21.4. The first-order chi connectivity index (χ1) is 11.8. The lowest BCUT2D eigenvalue weighted by Crippen LogP contribution is -2.15. The fourth-order valence-corrected chi connectivity index (χ4v) is 3.33. The normalized spacial score (nSPS) is 12.1. The molecule has 0 aliphatic carbocycles. The zero-order chi connectivity index (χ0) is 19.9. The predicted molar refractivity (Wildman–Crippen MR) is 89.2 cm³/mol. The van der Waals surface area contributed by atoms with Gasteiger partial charge in [-0.05, 0) is 30.5 Å². The molecule has 0 fully saturated rings. The Morgan fingerprint density at radius 3 is 1.92 bits per heavy atom. The van der Waals surface area contributed by atoms with Crippen molar-refractivity contribution in [3.05, 3.63) is 24.3 Å². The molecule has 0 bridgehead atoms. The largest absolute Gasteiger partial charge is 0.507 e. The maximum Gasteiger partial charge on any atom is 0.294 e. The Morgan fingerprint density at radius 2 is 1.46 bits per heavy atom. The van der Waals surface area contributed by atoms with Crippen LogP contribution < -0.4 is 5.32 Å². The van der Waals surface area contributed by atoms with Gasteiger partial charge >= 0.3 is 0 Å². The van der Waals surface area contributed by atoms with Gasteiger partial charge in [0.25, 0.3) is 20.2 Å². The van der Waals surface area contributed by atoms with Crippen molar-refractivity contribution in [2.75, 3.05) is 5.32 Å². The van der Waals surface area contributed by atoms with Crippen LogP contribution in [0.15, 0.2) is 34.1 Å². The van der Waals surface area contributed by atoms with Crippen LogP contribution in [0.4, 0.5) is 5.69 Å². The van der Waals surface area contributed by atoms with Crippen LogP contribution in [0.2, 0.25) is 0 Å². The van der Waals surface area contributed by atoms with Gasteiger partial charge in [0.05, 0.1) is 21.9 Å². The molecule has 0 heterocycles. The summed E-state index contributed by atoms with van der Waals surface area (Å²) in [6, 6.07) is 3.23. The summed E-state index contributed by atoms with van der Waals surface area (Å²) in [7, 11) is -9.47. The quantitative estimate of drug-likeness (QED) is 0.418. The average molecular weight is 403 g/mol. The number of nitrogens with one attached hydrogen (secondary N) is 1. The number of hydrogen-bond acceptors (Lipinski definition) is 7. The molecule has 1 amide bonds. The van der Waals surface area contributed by atoms with E-state index in [1.807, 2.05) is 0 Å². The number of fused-ring (bicyclic) bond motifs is 1. The molecule has 140 valence electrons. The third-order valence-electron chi connectivity index (χ3n) is 3.25. The standard InChI is InChI=1S/C14H13NO9S2/c1-7(16)2-13(18)15-11-5-9(25(19,20)21)3-8-4-10(26(22,23)24)6-12(17)14(8)11/h3-6,17H,2H2,1H3,(H,15,18)(H,19,20,21)(H,22,23,24). The number of hydrogen-bond donors (Lipinski definition) is 4. The van der Waals surface area contributed by atoms with Gasteiger partial charge in [-0.2, -0.15) is 16.8 Å². The molecule has 0 aromatic heterocycles. The third kappa shape index (κ3) is 4.35. The second-order valence-electron chi connectivity index (χ2n) is 5.39. The van der Waals surface area contributed by atoms with Gasteiger partial charge in [0, 0.05) is 11.5 Å². The van der Waals surface area contributed by atoms with E-state index >= 15 is 0 Å². The topological polar surface area (TPSA) is 175 Å². The van der Waals surface area contributed by atoms with E-state index in [1.54, 1.807) is 0 Å². The number of ketones is 1. The van der Waals surface area contributed by atoms with E-state index in [4.69, 9.17) is 4.55 Å². The minimum Gasteiger partial charge on any atom is -0.507 e. The van der Waals surface area contributed by atoms with Gasteiger partial charge in [-0.1, -0.05) is 0 Å². The molecule has 0 radical (unpaired) electrons. The molecule has 10 nitrogen and oxygen atoms in total. The monoisotopic (exact) mass is 403 g/mol. The van der Waals surface area contributed by atoms with Gasteiger partial charge in [-0.25, -0.2) is 0 Å². The van der Waals surface area contributed by atoms with Crippen molar-refractivity contribution in [3.8, 4) is 5.75 Å². The maximum absolute atomic E-state index is 11.8. The Bertz CT molecular complexity index is 1130. The van der Waals surface area contributed by atoms with Gasteiger partial charge < -0.3 is 10.4 Å². The SMILES string of the molecule is CC(=O)CC(=O)Nc1cc(S(=O)(=O)O)cc2cc(S(=O)(=O)O)cc(O)c12. The molecule has 0 atom stereocenters. The number of amides is 1. The second-order valence-corrected chi connectivity index (χ2v) is 8.23. The van der Waals surface area contributed by atoms with Gasteiger partial charge in [0.2, 0.25) is 5.91 Å². The van der Waals surface area contributed by atoms with Crippen LogP contribution in [0.3, 0.4) is 0 Å². The molecule has 0 unspecified atom stereocenters. The van der Waals surface area contributed by atoms with Crippen molar-refractivity contribution in [3.63, 3.8) is 0 Å². The van der Waals surface area contributed by atoms with Crippen LogP contribution in [0.5, 0.6) is 5.75 Å². The fourth-order valence-electron chi connectivity index (χ4n) is 2.26. The van der Waals surface area contributed by atoms with E-state index in [0.29, 0.717) is 6.07 Å². The molecule has 12 heteroatoms. The highest BCUT2D eigenvalue weighted by Gasteiger charge is 2.20. The molecule has 0 aliphatic heterocycles. The average Bonchev–Trinajstić information content (AvgIpc) is 2.43. The van der Waals surface area contributed by atoms with Crippen LogP contribution in [0, 0.1) is 0 Å². The second kappa shape index (κ2) is 6.64. The summed E-state index contributed by atoms with van der Waals surface area (Å²) >= 11 is 0. The highest BCUT2D eigenvalue weighted by Crippen LogP contribution is 2.36. The fraction of sp³-hybridized carbons (Fsp3) is 0.143. The number of benzene rings is 2. The number of phenolic OH excluding ortho intramolecular Hbond substituents is 1. The summed E-state index contributed by atoms with van der Waals surface area (Å²) in [6.45, 7) is 1.15. The molecule has 26 heavy (non-hydrogen) atoms. The summed E-state index contributed by atoms with van der Waals surface area (Å²) in [6.07, 6.45) is -0.526. The number of carbonyl (C=O) groups excluding carboxylic acids is 2. The lowest BCUT2D eigenvalue weighted by atomic mass is 10.1. The Balaban J connectivity index is 2.80. The highest BCUT2D eigenvalue weighted by atomic mass is 32.2. The van der Waals surface area contributed by atoms with E-state index < -0.39 is 53.9 Å². The van der Waals surface area contributed by atoms with Gasteiger partial charge in [-0.3, -0.25) is 18.7 Å². The molecular weight excluding hydrogens is 390 g/mol. The van der Waals surface area contributed by atoms with Crippen molar-refractivity contribution >= 4 is 48.4 Å². The zero-order valence-electron chi connectivity index (χ0n) is 13.1. The molecule has 0 saturated carbocycles. The summed E-state index contributed by atoms with van der Waals surface area (Å²) in [5, 5.41) is 11.9. The molecule has 2 aromatic carbocycles. The minimum atomic E-state index is -4.75.